The van der Waals surface area contributed by atoms with Gasteiger partial charge in [0.15, 0.2) is 0 Å². The molecule has 1 unspecified atom stereocenters. The lowest BCUT2D eigenvalue weighted by Crippen LogP contribution is -2.58. The van der Waals surface area contributed by atoms with Crippen LogP contribution >= 0.6 is 0 Å². The number of aromatic amines is 1. The van der Waals surface area contributed by atoms with E-state index in [0.717, 1.165) is 22.2 Å². The Labute approximate surface area is 156 Å². The van der Waals surface area contributed by atoms with Gasteiger partial charge in [0, 0.05) is 42.7 Å². The molecule has 140 valence electrons. The highest BCUT2D eigenvalue weighted by atomic mass is 16.4. The van der Waals surface area contributed by atoms with Crippen molar-refractivity contribution in [3.05, 3.63) is 60.0 Å². The van der Waals surface area contributed by atoms with E-state index in [-0.39, 0.29) is 12.3 Å². The Kier molecular flexibility index (Phi) is 5.35. The van der Waals surface area contributed by atoms with Crippen molar-refractivity contribution in [1.29, 1.82) is 0 Å². The summed E-state index contributed by atoms with van der Waals surface area (Å²) in [6.45, 7) is 1.92. The molecule has 0 radical (unpaired) electrons. The quantitative estimate of drug-likeness (QED) is 0.508. The van der Waals surface area contributed by atoms with Crippen LogP contribution in [0.4, 0.5) is 4.79 Å². The third-order valence-corrected chi connectivity index (χ3v) is 4.40. The second-order valence-electron chi connectivity index (χ2n) is 6.52. The molecule has 8 nitrogen and oxygen atoms in total. The number of hydrogen-bond donors (Lipinski definition) is 4. The monoisotopic (exact) mass is 367 g/mol. The average molecular weight is 367 g/mol. The number of benzene rings is 1. The Balaban J connectivity index is 1.73. The van der Waals surface area contributed by atoms with E-state index in [1.165, 1.54) is 0 Å². The van der Waals surface area contributed by atoms with E-state index in [2.05, 4.69) is 25.8 Å². The van der Waals surface area contributed by atoms with Crippen LogP contribution in [0.25, 0.3) is 10.9 Å². The van der Waals surface area contributed by atoms with Crippen LogP contribution in [0.5, 0.6) is 0 Å². The van der Waals surface area contributed by atoms with Gasteiger partial charge in [-0.05, 0) is 30.7 Å². The molecule has 27 heavy (non-hydrogen) atoms. The third-order valence-electron chi connectivity index (χ3n) is 4.40. The summed E-state index contributed by atoms with van der Waals surface area (Å²) < 4.78 is 0. The van der Waals surface area contributed by atoms with E-state index in [4.69, 9.17) is 0 Å². The smallest absolute Gasteiger partial charge is 0.405 e. The predicted molar refractivity (Wildman–Crippen MR) is 100 cm³/mol. The number of hydrogen-bond acceptors (Lipinski definition) is 4. The van der Waals surface area contributed by atoms with Gasteiger partial charge in [-0.2, -0.15) is 10.2 Å². The predicted octanol–water partition coefficient (Wildman–Crippen LogP) is 1.89. The van der Waals surface area contributed by atoms with Crippen LogP contribution in [0.2, 0.25) is 0 Å². The summed E-state index contributed by atoms with van der Waals surface area (Å²) in [4.78, 5) is 27.2. The van der Waals surface area contributed by atoms with Crippen molar-refractivity contribution in [1.82, 2.24) is 25.8 Å². The van der Waals surface area contributed by atoms with Crippen LogP contribution in [0.15, 0.2) is 48.8 Å². The topological polar surface area (TPSA) is 120 Å². The first-order valence-electron chi connectivity index (χ1n) is 8.59. The number of para-hydroxylation sites is 1. The van der Waals surface area contributed by atoms with Gasteiger partial charge in [-0.25, -0.2) is 4.79 Å². The largest absolute Gasteiger partial charge is 0.465 e. The summed E-state index contributed by atoms with van der Waals surface area (Å²) in [5.74, 6) is -0.390. The average Bonchev–Trinajstić information content (AvgIpc) is 3.04. The fraction of sp³-hybridized carbons (Fsp3) is 0.263. The molecule has 4 N–H and O–H groups in total. The molecule has 2 amide bonds. The first-order chi connectivity index (χ1) is 13.0. The van der Waals surface area contributed by atoms with Gasteiger partial charge in [-0.15, -0.1) is 0 Å². The number of nitrogens with zero attached hydrogens (tertiary/aromatic N) is 2. The molecule has 3 aromatic rings. The van der Waals surface area contributed by atoms with Gasteiger partial charge >= 0.3 is 6.09 Å². The van der Waals surface area contributed by atoms with Crippen LogP contribution in [-0.4, -0.2) is 44.4 Å². The Morgan fingerprint density at radius 3 is 2.78 bits per heavy atom. The Hall–Kier alpha value is -3.42. The number of carbonyl (C=O) groups is 2. The number of fused-ring (bicyclic) bond motifs is 1. The highest BCUT2D eigenvalue weighted by Gasteiger charge is 2.35. The Morgan fingerprint density at radius 2 is 2.04 bits per heavy atom. The lowest BCUT2D eigenvalue weighted by Gasteiger charge is -2.28. The van der Waals surface area contributed by atoms with Crippen LogP contribution in [0.3, 0.4) is 0 Å². The summed E-state index contributed by atoms with van der Waals surface area (Å²) in [5.41, 5.74) is 1.25. The summed E-state index contributed by atoms with van der Waals surface area (Å²) >= 11 is 0. The van der Waals surface area contributed by atoms with Gasteiger partial charge in [0.2, 0.25) is 5.91 Å². The molecule has 0 aliphatic carbocycles. The van der Waals surface area contributed by atoms with Crippen molar-refractivity contribution in [3.8, 4) is 0 Å². The number of rotatable bonds is 7. The minimum atomic E-state index is -1.31. The van der Waals surface area contributed by atoms with Gasteiger partial charge in [-0.1, -0.05) is 18.2 Å². The fourth-order valence-electron chi connectivity index (χ4n) is 3.04. The maximum atomic E-state index is 12.8. The first-order valence-corrected chi connectivity index (χ1v) is 8.59. The van der Waals surface area contributed by atoms with Gasteiger partial charge in [0.1, 0.15) is 5.54 Å². The molecule has 0 aliphatic rings. The maximum absolute atomic E-state index is 12.8. The van der Waals surface area contributed by atoms with Crippen molar-refractivity contribution in [2.24, 2.45) is 0 Å². The van der Waals surface area contributed by atoms with Gasteiger partial charge in [0.25, 0.3) is 0 Å². The Bertz CT molecular complexity index is 941. The Morgan fingerprint density at radius 1 is 1.22 bits per heavy atom. The zero-order chi connectivity index (χ0) is 19.3. The van der Waals surface area contributed by atoms with E-state index in [9.17, 15) is 14.7 Å². The molecule has 2 aromatic heterocycles. The zero-order valence-corrected chi connectivity index (χ0v) is 14.9. The second kappa shape index (κ2) is 7.86. The van der Waals surface area contributed by atoms with Crippen molar-refractivity contribution >= 4 is 22.9 Å². The molecule has 8 heteroatoms. The normalized spacial score (nSPS) is 13.1. The second-order valence-corrected chi connectivity index (χ2v) is 6.52. The van der Waals surface area contributed by atoms with E-state index in [1.807, 2.05) is 30.3 Å². The van der Waals surface area contributed by atoms with Crippen molar-refractivity contribution in [3.63, 3.8) is 0 Å². The molecule has 0 bridgehead atoms. The van der Waals surface area contributed by atoms with E-state index in [1.54, 1.807) is 25.4 Å². The zero-order valence-electron chi connectivity index (χ0n) is 14.9. The molecule has 1 aromatic carbocycles. The van der Waals surface area contributed by atoms with Crippen molar-refractivity contribution in [2.75, 3.05) is 6.54 Å². The maximum Gasteiger partial charge on any atom is 0.405 e. The standard InChI is InChI=1S/C19H21N5O3/c1-19(23-18(26)27,11-13-12-21-16-7-3-2-6-15(13)16)17(25)20-10-8-14-5-4-9-22-24-14/h2-7,9,12,21,23H,8,10-11H2,1H3,(H,20,25)(H,26,27). The number of carboxylic acid groups (broad SMARTS) is 1. The molecule has 3 rings (SSSR count). The van der Waals surface area contributed by atoms with E-state index >= 15 is 0 Å². The molecule has 0 saturated carbocycles. The molecular formula is C19H21N5O3. The SMILES string of the molecule is CC(Cc1c[nH]c2ccccc12)(NC(=O)O)C(=O)NCCc1cccnn1. The van der Waals surface area contributed by atoms with Crippen LogP contribution < -0.4 is 10.6 Å². The van der Waals surface area contributed by atoms with Crippen LogP contribution in [0.1, 0.15) is 18.2 Å². The van der Waals surface area contributed by atoms with E-state index < -0.39 is 11.6 Å². The minimum absolute atomic E-state index is 0.223. The molecule has 0 spiro atoms. The molecule has 0 saturated heterocycles. The molecular weight excluding hydrogens is 346 g/mol. The third kappa shape index (κ3) is 4.41. The lowest BCUT2D eigenvalue weighted by atomic mass is 9.91. The van der Waals surface area contributed by atoms with Gasteiger partial charge < -0.3 is 20.7 Å². The molecule has 0 fully saturated rings. The number of amides is 2. The number of carbonyl (C=O) groups excluding carboxylic acids is 1. The summed E-state index contributed by atoms with van der Waals surface area (Å²) in [6, 6.07) is 11.3. The van der Waals surface area contributed by atoms with Crippen LogP contribution in [-0.2, 0) is 17.6 Å². The number of H-pyrrole nitrogens is 1. The van der Waals surface area contributed by atoms with E-state index in [0.29, 0.717) is 13.0 Å². The molecule has 0 aliphatic heterocycles. The highest BCUT2D eigenvalue weighted by Crippen LogP contribution is 2.23. The molecule has 2 heterocycles. The van der Waals surface area contributed by atoms with Crippen LogP contribution in [0, 0.1) is 0 Å². The number of nitrogens with one attached hydrogen (secondary N) is 3. The minimum Gasteiger partial charge on any atom is -0.465 e. The van der Waals surface area contributed by atoms with Crippen molar-refractivity contribution in [2.45, 2.75) is 25.3 Å². The first kappa shape index (κ1) is 18.4. The van der Waals surface area contributed by atoms with Crippen molar-refractivity contribution < 1.29 is 14.7 Å². The van der Waals surface area contributed by atoms with Gasteiger partial charge in [-0.3, -0.25) is 4.79 Å². The fourth-order valence-corrected chi connectivity index (χ4v) is 3.04. The summed E-state index contributed by atoms with van der Waals surface area (Å²) in [7, 11) is 0. The summed E-state index contributed by atoms with van der Waals surface area (Å²) in [6.07, 6.45) is 2.87. The lowest BCUT2D eigenvalue weighted by molar-refractivity contribution is -0.126. The summed E-state index contributed by atoms with van der Waals surface area (Å²) in [5, 5.41) is 23.1. The molecule has 1 atom stereocenters. The number of aromatic nitrogens is 3. The van der Waals surface area contributed by atoms with Gasteiger partial charge in [0.05, 0.1) is 5.69 Å². The highest BCUT2D eigenvalue weighted by molar-refractivity contribution is 5.91.